The number of nitrogens with two attached hydrogens (primary N) is 1. The van der Waals surface area contributed by atoms with Gasteiger partial charge in [-0.25, -0.2) is 0 Å². The van der Waals surface area contributed by atoms with Gasteiger partial charge in [0, 0.05) is 11.6 Å². The van der Waals surface area contributed by atoms with Gasteiger partial charge in [-0.3, -0.25) is 25.0 Å². The Bertz CT molecular complexity index is 741. The van der Waals surface area contributed by atoms with Gasteiger partial charge >= 0.3 is 5.69 Å². The number of hydrogen-bond donors (Lipinski definition) is 2. The third-order valence-electron chi connectivity index (χ3n) is 2.44. The molecule has 108 valence electrons. The topological polar surface area (TPSA) is 162 Å². The molecule has 2 rings (SSSR count). The van der Waals surface area contributed by atoms with E-state index in [2.05, 4.69) is 4.99 Å². The quantitative estimate of drug-likeness (QED) is 0.477. The van der Waals surface area contributed by atoms with Crippen LogP contribution in [0.4, 0.5) is 11.4 Å². The largest absolute Gasteiger partial charge is 0.502 e. The first kappa shape index (κ1) is 14.5. The van der Waals surface area contributed by atoms with Crippen LogP contribution in [0.5, 0.6) is 5.75 Å². The van der Waals surface area contributed by atoms with Crippen molar-refractivity contribution in [3.05, 3.63) is 42.8 Å². The van der Waals surface area contributed by atoms with E-state index >= 15 is 0 Å². The Balaban J connectivity index is 2.58. The van der Waals surface area contributed by atoms with Gasteiger partial charge in [0.1, 0.15) is 0 Å². The van der Waals surface area contributed by atoms with Crippen molar-refractivity contribution in [3.63, 3.8) is 0 Å². The molecule has 21 heavy (non-hydrogen) atoms. The molecule has 1 aliphatic rings. The molecular formula is C10H6N4O6S. The van der Waals surface area contributed by atoms with Gasteiger partial charge in [-0.1, -0.05) is 0 Å². The van der Waals surface area contributed by atoms with Crippen molar-refractivity contribution in [1.82, 2.24) is 0 Å². The van der Waals surface area contributed by atoms with Crippen LogP contribution in [0.15, 0.2) is 22.0 Å². The first-order valence-electron chi connectivity index (χ1n) is 5.23. The molecule has 0 spiro atoms. The number of amides is 1. The average Bonchev–Trinajstić information content (AvgIpc) is 2.69. The minimum atomic E-state index is -0.960. The summed E-state index contributed by atoms with van der Waals surface area (Å²) in [7, 11) is 0. The van der Waals surface area contributed by atoms with E-state index in [9.17, 15) is 30.1 Å². The number of carbonyl (C=O) groups is 1. The maximum absolute atomic E-state index is 11.4. The van der Waals surface area contributed by atoms with Crippen LogP contribution in [0, 0.1) is 20.2 Å². The molecular weight excluding hydrogens is 304 g/mol. The van der Waals surface area contributed by atoms with E-state index in [1.165, 1.54) is 0 Å². The first-order chi connectivity index (χ1) is 9.79. The second kappa shape index (κ2) is 5.20. The van der Waals surface area contributed by atoms with Crippen molar-refractivity contribution in [2.45, 2.75) is 0 Å². The number of nitro benzene ring substituents is 2. The normalized spacial score (nSPS) is 16.1. The molecule has 1 aromatic carbocycles. The number of carbonyl (C=O) groups excluding carboxylic acids is 1. The number of amidine groups is 1. The second-order valence-corrected chi connectivity index (χ2v) is 4.85. The molecule has 1 amide bonds. The fourth-order valence-electron chi connectivity index (χ4n) is 1.55. The number of non-ortho nitro benzene ring substituents is 1. The Labute approximate surface area is 120 Å². The smallest absolute Gasteiger partial charge is 0.318 e. The molecule has 0 unspecified atom stereocenters. The predicted molar refractivity (Wildman–Crippen MR) is 73.6 cm³/mol. The predicted octanol–water partition coefficient (Wildman–Crippen LogP) is 1.14. The summed E-state index contributed by atoms with van der Waals surface area (Å²) < 4.78 is 0. The molecule has 3 N–H and O–H groups in total. The van der Waals surface area contributed by atoms with Gasteiger partial charge in [0.2, 0.25) is 5.75 Å². The third-order valence-corrected chi connectivity index (χ3v) is 3.25. The lowest BCUT2D eigenvalue weighted by molar-refractivity contribution is -0.394. The van der Waals surface area contributed by atoms with Gasteiger partial charge in [-0.15, -0.1) is 0 Å². The summed E-state index contributed by atoms with van der Waals surface area (Å²) in [6, 6.07) is 1.55. The standard InChI is InChI=1S/C10H6N4O6S/c11-10-12-9(16)7(21-10)2-4-1-5(13(17)18)3-6(8(4)15)14(19)20/h1-3,15H,(H2,11,12,16)/b7-2-. The molecule has 0 fully saturated rings. The van der Waals surface area contributed by atoms with Gasteiger partial charge in [-0.2, -0.15) is 4.99 Å². The van der Waals surface area contributed by atoms with Crippen molar-refractivity contribution in [1.29, 1.82) is 0 Å². The molecule has 0 aliphatic carbocycles. The van der Waals surface area contributed by atoms with Gasteiger partial charge in [0.15, 0.2) is 5.17 Å². The van der Waals surface area contributed by atoms with Crippen LogP contribution in [0.2, 0.25) is 0 Å². The van der Waals surface area contributed by atoms with Crippen molar-refractivity contribution >= 4 is 40.3 Å². The Morgan fingerprint density at radius 1 is 1.29 bits per heavy atom. The molecule has 10 nitrogen and oxygen atoms in total. The lowest BCUT2D eigenvalue weighted by atomic mass is 10.1. The number of benzene rings is 1. The molecule has 0 bridgehead atoms. The van der Waals surface area contributed by atoms with E-state index in [0.29, 0.717) is 6.07 Å². The highest BCUT2D eigenvalue weighted by Crippen LogP contribution is 2.37. The number of thioether (sulfide) groups is 1. The number of hydrogen-bond acceptors (Lipinski definition) is 8. The van der Waals surface area contributed by atoms with Crippen molar-refractivity contribution in [3.8, 4) is 5.75 Å². The second-order valence-electron chi connectivity index (χ2n) is 3.78. The lowest BCUT2D eigenvalue weighted by Gasteiger charge is -2.02. The molecule has 0 saturated carbocycles. The van der Waals surface area contributed by atoms with E-state index in [0.717, 1.165) is 23.9 Å². The average molecular weight is 310 g/mol. The van der Waals surface area contributed by atoms with Crippen molar-refractivity contribution in [2.75, 3.05) is 0 Å². The Morgan fingerprint density at radius 2 is 1.95 bits per heavy atom. The Kier molecular flexibility index (Phi) is 3.58. The fourth-order valence-corrected chi connectivity index (χ4v) is 2.22. The van der Waals surface area contributed by atoms with Gasteiger partial charge in [0.25, 0.3) is 11.6 Å². The Hall–Kier alpha value is -2.95. The highest BCUT2D eigenvalue weighted by atomic mass is 32.2. The SMILES string of the molecule is NC1=NC(=O)/C(=C/c2cc([N+](=O)[O-])cc([N+](=O)[O-])c2O)S1. The summed E-state index contributed by atoms with van der Waals surface area (Å²) in [4.78, 5) is 34.6. The van der Waals surface area contributed by atoms with Gasteiger partial charge in [0.05, 0.1) is 20.8 Å². The number of nitro groups is 2. The molecule has 1 aliphatic heterocycles. The number of aliphatic imine (C=N–C) groups is 1. The van der Waals surface area contributed by atoms with E-state index < -0.39 is 32.9 Å². The minimum absolute atomic E-state index is 0.00223. The first-order valence-corrected chi connectivity index (χ1v) is 6.05. The van der Waals surface area contributed by atoms with Gasteiger partial charge in [-0.05, 0) is 17.8 Å². The summed E-state index contributed by atoms with van der Waals surface area (Å²) in [6.45, 7) is 0. The Morgan fingerprint density at radius 3 is 2.43 bits per heavy atom. The van der Waals surface area contributed by atoms with Crippen LogP contribution in [0.25, 0.3) is 6.08 Å². The molecule has 11 heteroatoms. The number of phenols is 1. The molecule has 1 aromatic rings. The third kappa shape index (κ3) is 2.81. The molecule has 0 aromatic heterocycles. The highest BCUT2D eigenvalue weighted by molar-refractivity contribution is 8.18. The van der Waals surface area contributed by atoms with E-state index in [-0.39, 0.29) is 15.6 Å². The van der Waals surface area contributed by atoms with Gasteiger partial charge < -0.3 is 10.8 Å². The summed E-state index contributed by atoms with van der Waals surface area (Å²) in [5.74, 6) is -1.47. The molecule has 0 atom stereocenters. The number of rotatable bonds is 3. The maximum atomic E-state index is 11.4. The fraction of sp³-hybridized carbons (Fsp3) is 0. The summed E-state index contributed by atoms with van der Waals surface area (Å²) in [6.07, 6.45) is 1.06. The molecule has 1 heterocycles. The van der Waals surface area contributed by atoms with E-state index in [1.807, 2.05) is 0 Å². The monoisotopic (exact) mass is 310 g/mol. The van der Waals surface area contributed by atoms with E-state index in [1.54, 1.807) is 0 Å². The maximum Gasteiger partial charge on any atom is 0.318 e. The van der Waals surface area contributed by atoms with Crippen molar-refractivity contribution in [2.24, 2.45) is 10.7 Å². The van der Waals surface area contributed by atoms with Crippen LogP contribution < -0.4 is 5.73 Å². The minimum Gasteiger partial charge on any atom is -0.502 e. The summed E-state index contributed by atoms with van der Waals surface area (Å²) >= 11 is 0.794. The van der Waals surface area contributed by atoms with Crippen LogP contribution in [0.1, 0.15) is 5.56 Å². The number of nitrogens with zero attached hydrogens (tertiary/aromatic N) is 3. The zero-order valence-electron chi connectivity index (χ0n) is 10.0. The zero-order valence-corrected chi connectivity index (χ0v) is 10.9. The van der Waals surface area contributed by atoms with Crippen LogP contribution >= 0.6 is 11.8 Å². The zero-order chi connectivity index (χ0) is 15.7. The summed E-state index contributed by atoms with van der Waals surface area (Å²) in [5.41, 5.74) is 3.68. The van der Waals surface area contributed by atoms with Crippen LogP contribution in [-0.2, 0) is 4.79 Å². The van der Waals surface area contributed by atoms with E-state index in [4.69, 9.17) is 5.73 Å². The lowest BCUT2D eigenvalue weighted by Crippen LogP contribution is -2.01. The van der Waals surface area contributed by atoms with Crippen LogP contribution in [-0.4, -0.2) is 26.0 Å². The van der Waals surface area contributed by atoms with Crippen molar-refractivity contribution < 1.29 is 19.7 Å². The van der Waals surface area contributed by atoms with Crippen LogP contribution in [0.3, 0.4) is 0 Å². The molecule has 0 saturated heterocycles. The molecule has 0 radical (unpaired) electrons. The highest BCUT2D eigenvalue weighted by Gasteiger charge is 2.25. The summed E-state index contributed by atoms with van der Waals surface area (Å²) in [5, 5.41) is 31.3. The number of phenolic OH excluding ortho intramolecular Hbond substituents is 1. The number of aromatic hydroxyl groups is 1.